The van der Waals surface area contributed by atoms with Crippen molar-refractivity contribution in [3.8, 4) is 5.75 Å². The van der Waals surface area contributed by atoms with Gasteiger partial charge in [0.2, 0.25) is 16.0 Å². The fourth-order valence-electron chi connectivity index (χ4n) is 5.54. The van der Waals surface area contributed by atoms with Crippen LogP contribution >= 0.6 is 0 Å². The van der Waals surface area contributed by atoms with E-state index in [9.17, 15) is 8.42 Å². The Morgan fingerprint density at radius 1 is 1.07 bits per heavy atom. The van der Waals surface area contributed by atoms with Crippen molar-refractivity contribution in [1.82, 2.24) is 19.9 Å². The lowest BCUT2D eigenvalue weighted by Gasteiger charge is -2.34. The largest absolute Gasteiger partial charge is 0.494 e. The smallest absolute Gasteiger partial charge is 0.232 e. The number of fused-ring (bicyclic) bond motifs is 1. The standard InChI is InChI=1S/C31H37N9O3S/c1-5-19-18-35-31(37-25-16-22(20-6-7-20)26(17-27(25)43-3)40-14-10-21(32)11-15-40)38-30(19)36-24-9-8-23-28(34-13-12-33-23)29(24)39(2)44(4,41)42/h5,8-9,12-13,16-18,20-21H,1,6-7,10-11,14-15,32H2,2-4H3,(H2,35,36,37,38). The zero-order chi connectivity index (χ0) is 31.0. The molecule has 6 rings (SSSR count). The molecule has 4 aromatic rings. The summed E-state index contributed by atoms with van der Waals surface area (Å²) < 4.78 is 32.3. The highest BCUT2D eigenvalue weighted by Crippen LogP contribution is 2.48. The van der Waals surface area contributed by atoms with E-state index in [4.69, 9.17) is 15.5 Å². The number of nitrogens with one attached hydrogen (secondary N) is 2. The molecule has 2 aromatic carbocycles. The van der Waals surface area contributed by atoms with E-state index < -0.39 is 10.0 Å². The summed E-state index contributed by atoms with van der Waals surface area (Å²) in [6.07, 6.45) is 11.8. The Morgan fingerprint density at radius 2 is 1.82 bits per heavy atom. The minimum Gasteiger partial charge on any atom is -0.494 e. The molecule has 0 radical (unpaired) electrons. The van der Waals surface area contributed by atoms with E-state index in [2.05, 4.69) is 49.2 Å². The highest BCUT2D eigenvalue weighted by atomic mass is 32.2. The summed E-state index contributed by atoms with van der Waals surface area (Å²) in [5.41, 5.74) is 11.9. The van der Waals surface area contributed by atoms with Crippen LogP contribution in [0.4, 0.5) is 34.5 Å². The van der Waals surface area contributed by atoms with Gasteiger partial charge in [0.05, 0.1) is 30.3 Å². The Balaban J connectivity index is 1.36. The number of nitrogens with two attached hydrogens (primary N) is 1. The maximum absolute atomic E-state index is 12.6. The number of ether oxygens (including phenoxy) is 1. The highest BCUT2D eigenvalue weighted by molar-refractivity contribution is 7.92. The molecule has 0 bridgehead atoms. The molecule has 0 atom stereocenters. The molecular formula is C31H37N9O3S. The predicted octanol–water partition coefficient (Wildman–Crippen LogP) is 4.76. The van der Waals surface area contributed by atoms with Crippen LogP contribution in [0.2, 0.25) is 0 Å². The van der Waals surface area contributed by atoms with Gasteiger partial charge in [0.15, 0.2) is 0 Å². The zero-order valence-electron chi connectivity index (χ0n) is 25.1. The number of anilines is 6. The average molecular weight is 616 g/mol. The third-order valence-corrected chi connectivity index (χ3v) is 9.39. The van der Waals surface area contributed by atoms with E-state index >= 15 is 0 Å². The number of methoxy groups -OCH3 is 1. The van der Waals surface area contributed by atoms with E-state index in [1.807, 2.05) is 0 Å². The van der Waals surface area contributed by atoms with Crippen molar-refractivity contribution in [2.75, 3.05) is 53.3 Å². The van der Waals surface area contributed by atoms with Crippen LogP contribution in [0.1, 0.15) is 42.7 Å². The van der Waals surface area contributed by atoms with Gasteiger partial charge in [-0.1, -0.05) is 12.7 Å². The molecule has 2 fully saturated rings. The van der Waals surface area contributed by atoms with Gasteiger partial charge in [-0.3, -0.25) is 14.3 Å². The lowest BCUT2D eigenvalue weighted by atomic mass is 10.0. The van der Waals surface area contributed by atoms with E-state index in [1.54, 1.807) is 37.7 Å². The minimum atomic E-state index is -3.62. The maximum atomic E-state index is 12.6. The van der Waals surface area contributed by atoms with Crippen LogP contribution in [0.5, 0.6) is 5.75 Å². The summed E-state index contributed by atoms with van der Waals surface area (Å²) in [5.74, 6) is 1.98. The fourth-order valence-corrected chi connectivity index (χ4v) is 6.06. The summed E-state index contributed by atoms with van der Waals surface area (Å²) >= 11 is 0. The fraction of sp³-hybridized carbons (Fsp3) is 0.355. The van der Waals surface area contributed by atoms with Crippen molar-refractivity contribution < 1.29 is 13.2 Å². The van der Waals surface area contributed by atoms with E-state index in [1.165, 1.54) is 28.8 Å². The van der Waals surface area contributed by atoms with Gasteiger partial charge in [-0.25, -0.2) is 13.4 Å². The molecule has 1 saturated carbocycles. The minimum absolute atomic E-state index is 0.252. The van der Waals surface area contributed by atoms with Crippen LogP contribution in [0, 0.1) is 0 Å². The summed E-state index contributed by atoms with van der Waals surface area (Å²) in [4.78, 5) is 20.5. The number of hydrogen-bond donors (Lipinski definition) is 3. The number of piperidine rings is 1. The van der Waals surface area contributed by atoms with Gasteiger partial charge in [-0.15, -0.1) is 0 Å². The number of hydrogen-bond acceptors (Lipinski definition) is 11. The number of benzene rings is 2. The molecule has 1 aliphatic carbocycles. The molecule has 1 saturated heterocycles. The second-order valence-corrected chi connectivity index (χ2v) is 13.3. The Morgan fingerprint density at radius 3 is 2.50 bits per heavy atom. The first kappa shape index (κ1) is 29.6. The molecule has 44 heavy (non-hydrogen) atoms. The molecule has 2 aliphatic rings. The van der Waals surface area contributed by atoms with E-state index in [0.717, 1.165) is 50.7 Å². The first-order valence-corrected chi connectivity index (χ1v) is 16.4. The van der Waals surface area contributed by atoms with E-state index in [0.29, 0.717) is 51.4 Å². The number of rotatable bonds is 10. The average Bonchev–Trinajstić information content (AvgIpc) is 3.86. The summed E-state index contributed by atoms with van der Waals surface area (Å²) in [6, 6.07) is 8.04. The van der Waals surface area contributed by atoms with Crippen LogP contribution in [-0.4, -0.2) is 67.9 Å². The first-order chi connectivity index (χ1) is 21.2. The molecule has 2 aromatic heterocycles. The molecule has 1 aliphatic heterocycles. The molecule has 0 unspecified atom stereocenters. The quantitative estimate of drug-likeness (QED) is 0.226. The van der Waals surface area contributed by atoms with Gasteiger partial charge in [-0.05, 0) is 55.4 Å². The Hall–Kier alpha value is -4.49. The van der Waals surface area contributed by atoms with Gasteiger partial charge in [0.1, 0.15) is 22.8 Å². The Labute approximate surface area is 257 Å². The monoisotopic (exact) mass is 615 g/mol. The third kappa shape index (κ3) is 5.97. The molecule has 230 valence electrons. The van der Waals surface area contributed by atoms with Crippen molar-refractivity contribution in [2.45, 2.75) is 37.6 Å². The Kier molecular flexibility index (Phi) is 7.99. The second kappa shape index (κ2) is 11.9. The van der Waals surface area contributed by atoms with Crippen molar-refractivity contribution in [3.05, 3.63) is 60.6 Å². The molecule has 13 heteroatoms. The summed E-state index contributed by atoms with van der Waals surface area (Å²) in [5, 5.41) is 6.67. The van der Waals surface area contributed by atoms with Gasteiger partial charge < -0.3 is 26.0 Å². The van der Waals surface area contributed by atoms with Crippen LogP contribution < -0.4 is 30.3 Å². The predicted molar refractivity (Wildman–Crippen MR) is 176 cm³/mol. The molecular weight excluding hydrogens is 578 g/mol. The van der Waals surface area contributed by atoms with Crippen molar-refractivity contribution in [1.29, 1.82) is 0 Å². The lowest BCUT2D eigenvalue weighted by molar-refractivity contribution is 0.416. The molecule has 4 N–H and O–H groups in total. The Bertz CT molecular complexity index is 1820. The molecule has 12 nitrogen and oxygen atoms in total. The van der Waals surface area contributed by atoms with Crippen molar-refractivity contribution >= 4 is 61.6 Å². The third-order valence-electron chi connectivity index (χ3n) is 8.21. The lowest BCUT2D eigenvalue weighted by Crippen LogP contribution is -2.40. The molecule has 3 heterocycles. The normalized spacial score (nSPS) is 15.7. The number of aromatic nitrogens is 4. The topological polar surface area (TPSA) is 151 Å². The second-order valence-electron chi connectivity index (χ2n) is 11.3. The van der Waals surface area contributed by atoms with Gasteiger partial charge in [0.25, 0.3) is 0 Å². The maximum Gasteiger partial charge on any atom is 0.232 e. The number of sulfonamides is 1. The first-order valence-electron chi connectivity index (χ1n) is 14.6. The number of nitrogens with zero attached hydrogens (tertiary/aromatic N) is 6. The van der Waals surface area contributed by atoms with Gasteiger partial charge in [-0.2, -0.15) is 4.98 Å². The summed E-state index contributed by atoms with van der Waals surface area (Å²) in [7, 11) is -0.478. The van der Waals surface area contributed by atoms with Gasteiger partial charge in [0, 0.05) is 62.1 Å². The van der Waals surface area contributed by atoms with Crippen molar-refractivity contribution in [2.24, 2.45) is 5.73 Å². The van der Waals surface area contributed by atoms with Crippen LogP contribution in [0.3, 0.4) is 0 Å². The van der Waals surface area contributed by atoms with Crippen LogP contribution in [-0.2, 0) is 10.0 Å². The molecule has 0 spiro atoms. The zero-order valence-corrected chi connectivity index (χ0v) is 25.9. The van der Waals surface area contributed by atoms with Crippen LogP contribution in [0.25, 0.3) is 17.1 Å². The van der Waals surface area contributed by atoms with E-state index in [-0.39, 0.29) is 6.04 Å². The molecule has 0 amide bonds. The van der Waals surface area contributed by atoms with Gasteiger partial charge >= 0.3 is 0 Å². The van der Waals surface area contributed by atoms with Crippen LogP contribution in [0.15, 0.2) is 49.4 Å². The summed E-state index contributed by atoms with van der Waals surface area (Å²) in [6.45, 7) is 5.77. The SMILES string of the molecule is C=Cc1cnc(Nc2cc(C3CC3)c(N3CCC(N)CC3)cc2OC)nc1Nc1ccc2nccnc2c1N(C)S(C)(=O)=O. The highest BCUT2D eigenvalue weighted by Gasteiger charge is 2.31. The van der Waals surface area contributed by atoms with Crippen molar-refractivity contribution in [3.63, 3.8) is 0 Å².